The lowest BCUT2D eigenvalue weighted by atomic mass is 10.2. The number of carbonyl (C=O) groups excluding carboxylic acids is 1. The second-order valence-electron chi connectivity index (χ2n) is 4.74. The zero-order chi connectivity index (χ0) is 15.2. The van der Waals surface area contributed by atoms with E-state index in [0.29, 0.717) is 0 Å². The highest BCUT2D eigenvalue weighted by Gasteiger charge is 2.29. The monoisotopic (exact) mass is 284 g/mol. The number of halogens is 3. The first-order chi connectivity index (χ1) is 8.53. The van der Waals surface area contributed by atoms with Crippen molar-refractivity contribution in [3.05, 3.63) is 0 Å². The van der Waals surface area contributed by atoms with Gasteiger partial charge in [-0.05, 0) is 5.92 Å². The maximum atomic E-state index is 12.1. The van der Waals surface area contributed by atoms with Gasteiger partial charge in [0.25, 0.3) is 0 Å². The van der Waals surface area contributed by atoms with E-state index < -0.39 is 37.7 Å². The Labute approximate surface area is 110 Å². The quantitative estimate of drug-likeness (QED) is 0.812. The van der Waals surface area contributed by atoms with E-state index in [2.05, 4.69) is 0 Å². The number of amides is 2. The van der Waals surface area contributed by atoms with Gasteiger partial charge in [-0.15, -0.1) is 0 Å². The van der Waals surface area contributed by atoms with Gasteiger partial charge in [0, 0.05) is 20.1 Å². The number of carboxylic acids is 1. The van der Waals surface area contributed by atoms with Crippen molar-refractivity contribution in [3.63, 3.8) is 0 Å². The minimum Gasteiger partial charge on any atom is -0.480 e. The van der Waals surface area contributed by atoms with Crippen LogP contribution >= 0.6 is 0 Å². The number of rotatable bonds is 6. The summed E-state index contributed by atoms with van der Waals surface area (Å²) in [5, 5.41) is 8.69. The summed E-state index contributed by atoms with van der Waals surface area (Å²) in [5.74, 6) is -1.17. The number of aliphatic carboxylic acids is 1. The van der Waals surface area contributed by atoms with Crippen LogP contribution in [0.15, 0.2) is 0 Å². The average Bonchev–Trinajstić information content (AvgIpc) is 2.21. The number of urea groups is 1. The Morgan fingerprint density at radius 1 is 1.26 bits per heavy atom. The van der Waals surface area contributed by atoms with Gasteiger partial charge < -0.3 is 14.9 Å². The summed E-state index contributed by atoms with van der Waals surface area (Å²) in [6.07, 6.45) is -5.46. The number of hydrogen-bond donors (Lipinski definition) is 1. The van der Waals surface area contributed by atoms with Crippen LogP contribution in [0.4, 0.5) is 18.0 Å². The minimum atomic E-state index is -4.34. The molecule has 0 fully saturated rings. The molecule has 0 aliphatic carbocycles. The Kier molecular flexibility index (Phi) is 6.64. The van der Waals surface area contributed by atoms with Crippen LogP contribution in [-0.4, -0.2) is 59.8 Å². The Balaban J connectivity index is 4.55. The zero-order valence-corrected chi connectivity index (χ0v) is 11.2. The van der Waals surface area contributed by atoms with Crippen LogP contribution in [0.3, 0.4) is 0 Å². The van der Waals surface area contributed by atoms with Crippen LogP contribution in [0.5, 0.6) is 0 Å². The molecule has 0 rings (SSSR count). The van der Waals surface area contributed by atoms with Gasteiger partial charge in [-0.1, -0.05) is 13.8 Å². The van der Waals surface area contributed by atoms with Gasteiger partial charge in [-0.3, -0.25) is 4.79 Å². The molecule has 0 aliphatic rings. The number of carboxylic acid groups (broad SMARTS) is 1. The fraction of sp³-hybridized carbons (Fsp3) is 0.818. The van der Waals surface area contributed by atoms with E-state index in [1.165, 1.54) is 7.05 Å². The molecule has 0 radical (unpaired) electrons. The Morgan fingerprint density at radius 3 is 2.16 bits per heavy atom. The van der Waals surface area contributed by atoms with Gasteiger partial charge in [0.15, 0.2) is 0 Å². The largest absolute Gasteiger partial charge is 0.480 e. The number of carbonyl (C=O) groups is 2. The van der Waals surface area contributed by atoms with Gasteiger partial charge in [-0.25, -0.2) is 4.79 Å². The van der Waals surface area contributed by atoms with Crippen LogP contribution in [0, 0.1) is 5.92 Å². The van der Waals surface area contributed by atoms with Crippen LogP contribution in [0.25, 0.3) is 0 Å². The Morgan fingerprint density at radius 2 is 1.79 bits per heavy atom. The SMILES string of the molecule is CC(C)CN(CC(=O)O)C(=O)N(C)CCC(F)(F)F. The van der Waals surface area contributed by atoms with Crippen LogP contribution in [0.1, 0.15) is 20.3 Å². The lowest BCUT2D eigenvalue weighted by Gasteiger charge is -2.28. The lowest BCUT2D eigenvalue weighted by molar-refractivity contribution is -0.139. The highest BCUT2D eigenvalue weighted by atomic mass is 19.4. The molecule has 0 aliphatic heterocycles. The molecule has 0 unspecified atom stereocenters. The van der Waals surface area contributed by atoms with E-state index >= 15 is 0 Å². The number of hydrogen-bond acceptors (Lipinski definition) is 2. The maximum absolute atomic E-state index is 12.1. The van der Waals surface area contributed by atoms with Gasteiger partial charge in [0.1, 0.15) is 6.54 Å². The molecule has 1 N–H and O–H groups in total. The van der Waals surface area contributed by atoms with Crippen molar-refractivity contribution in [2.45, 2.75) is 26.4 Å². The highest BCUT2D eigenvalue weighted by molar-refractivity contribution is 5.80. The molecule has 0 aromatic heterocycles. The summed E-state index contributed by atoms with van der Waals surface area (Å²) in [5.41, 5.74) is 0. The first-order valence-electron chi connectivity index (χ1n) is 5.81. The summed E-state index contributed by atoms with van der Waals surface area (Å²) in [7, 11) is 1.23. The van der Waals surface area contributed by atoms with Gasteiger partial charge >= 0.3 is 18.2 Å². The second-order valence-corrected chi connectivity index (χ2v) is 4.74. The number of nitrogens with zero attached hydrogens (tertiary/aromatic N) is 2. The first kappa shape index (κ1) is 17.5. The molecule has 5 nitrogen and oxygen atoms in total. The van der Waals surface area contributed by atoms with E-state index in [4.69, 9.17) is 5.11 Å². The van der Waals surface area contributed by atoms with Crippen molar-refractivity contribution in [2.24, 2.45) is 5.92 Å². The fourth-order valence-electron chi connectivity index (χ4n) is 1.45. The minimum absolute atomic E-state index is 0.0271. The molecule has 0 bridgehead atoms. The van der Waals surface area contributed by atoms with Crippen LogP contribution in [-0.2, 0) is 4.79 Å². The zero-order valence-electron chi connectivity index (χ0n) is 11.2. The average molecular weight is 284 g/mol. The van der Waals surface area contributed by atoms with Gasteiger partial charge in [0.2, 0.25) is 0 Å². The van der Waals surface area contributed by atoms with Crippen LogP contribution < -0.4 is 0 Å². The maximum Gasteiger partial charge on any atom is 0.390 e. The van der Waals surface area contributed by atoms with Crippen molar-refractivity contribution in [2.75, 3.05) is 26.7 Å². The molecule has 112 valence electrons. The molecule has 0 heterocycles. The van der Waals surface area contributed by atoms with E-state index in [0.717, 1.165) is 9.80 Å². The molecular weight excluding hydrogens is 265 g/mol. The standard InChI is InChI=1S/C11H19F3N2O3/c1-8(2)6-16(7-9(17)18)10(19)15(3)5-4-11(12,13)14/h8H,4-7H2,1-3H3,(H,17,18). The van der Waals surface area contributed by atoms with Crippen molar-refractivity contribution < 1.29 is 27.9 Å². The molecule has 0 aromatic rings. The summed E-state index contributed by atoms with van der Waals surface area (Å²) >= 11 is 0. The highest BCUT2D eigenvalue weighted by Crippen LogP contribution is 2.19. The van der Waals surface area contributed by atoms with Crippen molar-refractivity contribution in [3.8, 4) is 0 Å². The molecule has 0 spiro atoms. The normalized spacial score (nSPS) is 11.5. The van der Waals surface area contributed by atoms with Crippen molar-refractivity contribution >= 4 is 12.0 Å². The smallest absolute Gasteiger partial charge is 0.390 e. The number of alkyl halides is 3. The molecule has 0 aromatic carbocycles. The fourth-order valence-corrected chi connectivity index (χ4v) is 1.45. The lowest BCUT2D eigenvalue weighted by Crippen LogP contribution is -2.46. The third kappa shape index (κ3) is 8.28. The predicted molar refractivity (Wildman–Crippen MR) is 62.7 cm³/mol. The molecule has 2 amide bonds. The summed E-state index contributed by atoms with van der Waals surface area (Å²) in [6, 6.07) is -0.708. The van der Waals surface area contributed by atoms with E-state index in [1.54, 1.807) is 13.8 Å². The second kappa shape index (κ2) is 7.20. The molecule has 19 heavy (non-hydrogen) atoms. The van der Waals surface area contributed by atoms with Gasteiger partial charge in [0.05, 0.1) is 6.42 Å². The van der Waals surface area contributed by atoms with Crippen LogP contribution in [0.2, 0.25) is 0 Å². The molecule has 8 heteroatoms. The summed E-state index contributed by atoms with van der Waals surface area (Å²) < 4.78 is 36.2. The Hall–Kier alpha value is -1.47. The van der Waals surface area contributed by atoms with E-state index in [-0.39, 0.29) is 12.5 Å². The van der Waals surface area contributed by atoms with Crippen molar-refractivity contribution in [1.82, 2.24) is 9.80 Å². The van der Waals surface area contributed by atoms with E-state index in [1.807, 2.05) is 0 Å². The molecule has 0 saturated heterocycles. The third-order valence-electron chi connectivity index (χ3n) is 2.24. The summed E-state index contributed by atoms with van der Waals surface area (Å²) in [4.78, 5) is 24.4. The molecule has 0 saturated carbocycles. The van der Waals surface area contributed by atoms with Crippen molar-refractivity contribution in [1.29, 1.82) is 0 Å². The predicted octanol–water partition coefficient (Wildman–Crippen LogP) is 2.03. The Bertz CT molecular complexity index is 319. The third-order valence-corrected chi connectivity index (χ3v) is 2.24. The summed E-state index contributed by atoms with van der Waals surface area (Å²) in [6.45, 7) is 2.75. The first-order valence-corrected chi connectivity index (χ1v) is 5.81. The topological polar surface area (TPSA) is 60.9 Å². The molecular formula is C11H19F3N2O3. The molecule has 0 atom stereocenters. The van der Waals surface area contributed by atoms with Gasteiger partial charge in [-0.2, -0.15) is 13.2 Å². The van der Waals surface area contributed by atoms with E-state index in [9.17, 15) is 22.8 Å².